The number of carbonyl (C=O) groups excluding carboxylic acids is 5. The third-order valence-corrected chi connectivity index (χ3v) is 6.23. The van der Waals surface area contributed by atoms with Gasteiger partial charge in [-0.05, 0) is 36.6 Å². The van der Waals surface area contributed by atoms with E-state index in [0.717, 1.165) is 0 Å². The molecule has 5 amide bonds. The summed E-state index contributed by atoms with van der Waals surface area (Å²) in [5.41, 5.74) is 7.25. The van der Waals surface area contributed by atoms with E-state index >= 15 is 0 Å². The van der Waals surface area contributed by atoms with Crippen LogP contribution in [0.3, 0.4) is 0 Å². The number of carbonyl (C=O) groups is 6. The van der Waals surface area contributed by atoms with E-state index in [-0.39, 0.29) is 31.6 Å². The van der Waals surface area contributed by atoms with Gasteiger partial charge in [-0.25, -0.2) is 0 Å². The van der Waals surface area contributed by atoms with E-state index in [2.05, 4.69) is 26.6 Å². The van der Waals surface area contributed by atoms with Crippen LogP contribution >= 0.6 is 0 Å². The second kappa shape index (κ2) is 17.8. The van der Waals surface area contributed by atoms with Crippen molar-refractivity contribution in [2.45, 2.75) is 50.4 Å². The van der Waals surface area contributed by atoms with Crippen molar-refractivity contribution in [3.05, 3.63) is 65.7 Å². The van der Waals surface area contributed by atoms with E-state index in [1.54, 1.807) is 42.5 Å². The second-order valence-electron chi connectivity index (χ2n) is 9.94. The van der Waals surface area contributed by atoms with Crippen LogP contribution in [0.25, 0.3) is 0 Å². The van der Waals surface area contributed by atoms with Crippen molar-refractivity contribution in [2.24, 2.45) is 5.73 Å². The molecule has 4 atom stereocenters. The van der Waals surface area contributed by atoms with Crippen molar-refractivity contribution in [1.29, 1.82) is 0 Å². The number of phenolic OH excluding ortho intramolecular Hbond substituents is 1. The number of rotatable bonds is 17. The zero-order valence-corrected chi connectivity index (χ0v) is 24.1. The fourth-order valence-corrected chi connectivity index (χ4v) is 3.88. The largest absolute Gasteiger partial charge is 0.508 e. The number of hydrogen-bond acceptors (Lipinski definition) is 9. The molecule has 0 aliphatic carbocycles. The number of amides is 5. The van der Waals surface area contributed by atoms with Gasteiger partial charge < -0.3 is 47.6 Å². The lowest BCUT2D eigenvalue weighted by Gasteiger charge is -2.25. The number of carboxylic acid groups (broad SMARTS) is 1. The van der Waals surface area contributed by atoms with Gasteiger partial charge in [-0.15, -0.1) is 0 Å². The van der Waals surface area contributed by atoms with Crippen LogP contribution in [-0.4, -0.2) is 94.7 Å². The van der Waals surface area contributed by atoms with E-state index in [9.17, 15) is 39.0 Å². The van der Waals surface area contributed by atoms with Gasteiger partial charge in [0, 0.05) is 13.0 Å². The van der Waals surface area contributed by atoms with Gasteiger partial charge in [0.05, 0.1) is 31.7 Å². The molecular weight excluding hydrogens is 576 g/mol. The van der Waals surface area contributed by atoms with Crippen LogP contribution in [0.5, 0.6) is 5.75 Å². The number of phenols is 1. The Hall–Kier alpha value is -5.02. The Morgan fingerprint density at radius 3 is 1.98 bits per heavy atom. The number of benzene rings is 2. The van der Waals surface area contributed by atoms with E-state index in [4.69, 9.17) is 10.8 Å². The van der Waals surface area contributed by atoms with Gasteiger partial charge in [-0.2, -0.15) is 0 Å². The summed E-state index contributed by atoms with van der Waals surface area (Å²) in [5.74, 6) is -4.72. The van der Waals surface area contributed by atoms with Crippen LogP contribution < -0.4 is 32.3 Å². The summed E-state index contributed by atoms with van der Waals surface area (Å²) >= 11 is 0. The molecule has 10 N–H and O–H groups in total. The Kier molecular flexibility index (Phi) is 14.3. The number of aliphatic carboxylic acids is 1. The molecule has 0 spiro atoms. The molecule has 0 bridgehead atoms. The van der Waals surface area contributed by atoms with Crippen molar-refractivity contribution in [2.75, 3.05) is 19.6 Å². The standard InChI is InChI=1S/C29H38N6O9/c1-17(36)26(29(44)31-12-11-25(40)41)35-28(43)22(14-18-5-3-2-4-6-18)34-24(39)16-32-23(38)15-33-27(42)21(30)13-19-7-9-20(37)10-8-19/h2-10,17,21-22,26,36-37H,11-16,30H2,1H3,(H,31,44)(H,32,38)(H,33,42)(H,34,39)(H,35,43)(H,40,41)/t17-,21+,22+,26+/m1/s1. The van der Waals surface area contributed by atoms with Gasteiger partial charge in [-0.1, -0.05) is 42.5 Å². The third-order valence-electron chi connectivity index (χ3n) is 6.23. The minimum absolute atomic E-state index is 0.00843. The van der Waals surface area contributed by atoms with Gasteiger partial charge in [-0.3, -0.25) is 28.8 Å². The normalized spacial score (nSPS) is 13.3. The molecule has 15 nitrogen and oxygen atoms in total. The number of nitrogens with one attached hydrogen (secondary N) is 5. The summed E-state index contributed by atoms with van der Waals surface area (Å²) in [6, 6.07) is 11.2. The Morgan fingerprint density at radius 1 is 0.750 bits per heavy atom. The van der Waals surface area contributed by atoms with Gasteiger partial charge in [0.15, 0.2) is 0 Å². The molecule has 2 rings (SSSR count). The average molecular weight is 615 g/mol. The maximum atomic E-state index is 13.1. The fraction of sp³-hybridized carbons (Fsp3) is 0.379. The van der Waals surface area contributed by atoms with E-state index in [1.807, 2.05) is 0 Å². The maximum Gasteiger partial charge on any atom is 0.305 e. The minimum Gasteiger partial charge on any atom is -0.508 e. The highest BCUT2D eigenvalue weighted by molar-refractivity contribution is 5.94. The van der Waals surface area contributed by atoms with Crippen molar-refractivity contribution < 1.29 is 44.1 Å². The highest BCUT2D eigenvalue weighted by Gasteiger charge is 2.30. The molecule has 0 saturated carbocycles. The summed E-state index contributed by atoms with van der Waals surface area (Å²) in [6.45, 7) is 0.0434. The Bertz CT molecular complexity index is 1290. The lowest BCUT2D eigenvalue weighted by molar-refractivity contribution is -0.137. The molecule has 2 aromatic rings. The first kappa shape index (κ1) is 35.2. The van der Waals surface area contributed by atoms with Gasteiger partial charge in [0.25, 0.3) is 0 Å². The van der Waals surface area contributed by atoms with E-state index in [1.165, 1.54) is 19.1 Å². The van der Waals surface area contributed by atoms with Crippen molar-refractivity contribution in [3.8, 4) is 5.75 Å². The lowest BCUT2D eigenvalue weighted by atomic mass is 10.0. The zero-order valence-electron chi connectivity index (χ0n) is 24.1. The molecule has 0 aliphatic rings. The predicted molar refractivity (Wildman–Crippen MR) is 157 cm³/mol. The minimum atomic E-state index is -1.44. The number of hydrogen-bond donors (Lipinski definition) is 9. The quantitative estimate of drug-likeness (QED) is 0.0920. The zero-order chi connectivity index (χ0) is 32.6. The van der Waals surface area contributed by atoms with Crippen LogP contribution in [-0.2, 0) is 41.6 Å². The number of aliphatic hydroxyl groups is 1. The van der Waals surface area contributed by atoms with Crippen LogP contribution in [0.15, 0.2) is 54.6 Å². The Labute approximate surface area is 253 Å². The van der Waals surface area contributed by atoms with Crippen LogP contribution in [0, 0.1) is 0 Å². The van der Waals surface area contributed by atoms with Crippen molar-refractivity contribution in [3.63, 3.8) is 0 Å². The Morgan fingerprint density at radius 2 is 1.36 bits per heavy atom. The lowest BCUT2D eigenvalue weighted by Crippen LogP contribution is -2.58. The van der Waals surface area contributed by atoms with Gasteiger partial charge in [0.1, 0.15) is 17.8 Å². The SMILES string of the molecule is C[C@@H](O)[C@H](NC(=O)[C@H](Cc1ccccc1)NC(=O)CNC(=O)CNC(=O)[C@@H](N)Cc1ccc(O)cc1)C(=O)NCCC(=O)O. The summed E-state index contributed by atoms with van der Waals surface area (Å²) in [7, 11) is 0. The molecule has 0 radical (unpaired) electrons. The first-order chi connectivity index (χ1) is 20.8. The second-order valence-corrected chi connectivity index (χ2v) is 9.94. The monoisotopic (exact) mass is 614 g/mol. The fourth-order valence-electron chi connectivity index (χ4n) is 3.88. The maximum absolute atomic E-state index is 13.1. The molecule has 2 aromatic carbocycles. The molecular formula is C29H38N6O9. The first-order valence-corrected chi connectivity index (χ1v) is 13.7. The van der Waals surface area contributed by atoms with Crippen molar-refractivity contribution in [1.82, 2.24) is 26.6 Å². The van der Waals surface area contributed by atoms with Crippen LogP contribution in [0.2, 0.25) is 0 Å². The van der Waals surface area contributed by atoms with E-state index in [0.29, 0.717) is 11.1 Å². The number of nitrogens with two attached hydrogens (primary N) is 1. The summed E-state index contributed by atoms with van der Waals surface area (Å²) < 4.78 is 0. The van der Waals surface area contributed by atoms with E-state index < -0.39 is 72.8 Å². The molecule has 15 heteroatoms. The molecule has 0 heterocycles. The molecule has 44 heavy (non-hydrogen) atoms. The summed E-state index contributed by atoms with van der Waals surface area (Å²) in [5, 5.41) is 40.1. The number of aromatic hydroxyl groups is 1. The van der Waals surface area contributed by atoms with Crippen molar-refractivity contribution >= 4 is 35.5 Å². The number of aliphatic hydroxyl groups excluding tert-OH is 1. The average Bonchev–Trinajstić information content (AvgIpc) is 2.98. The van der Waals surface area contributed by atoms with Gasteiger partial charge >= 0.3 is 5.97 Å². The summed E-state index contributed by atoms with van der Waals surface area (Å²) in [6.07, 6.45) is -1.53. The van der Waals surface area contributed by atoms with Crippen LogP contribution in [0.1, 0.15) is 24.5 Å². The molecule has 0 fully saturated rings. The highest BCUT2D eigenvalue weighted by atomic mass is 16.4. The highest BCUT2D eigenvalue weighted by Crippen LogP contribution is 2.11. The molecule has 0 aromatic heterocycles. The third kappa shape index (κ3) is 12.9. The first-order valence-electron chi connectivity index (χ1n) is 13.7. The topological polar surface area (TPSA) is 249 Å². The Balaban J connectivity index is 1.93. The van der Waals surface area contributed by atoms with Gasteiger partial charge in [0.2, 0.25) is 29.5 Å². The number of carboxylic acids is 1. The smallest absolute Gasteiger partial charge is 0.305 e. The molecule has 0 saturated heterocycles. The summed E-state index contributed by atoms with van der Waals surface area (Å²) in [4.78, 5) is 73.5. The predicted octanol–water partition coefficient (Wildman–Crippen LogP) is -2.32. The molecule has 0 aliphatic heterocycles. The molecule has 0 unspecified atom stereocenters. The molecule has 238 valence electrons. The van der Waals surface area contributed by atoms with Crippen LogP contribution in [0.4, 0.5) is 0 Å².